The molecule has 13 heavy (non-hydrogen) atoms. The number of aliphatic imine (C=N–C) groups is 2. The molecule has 0 aromatic heterocycles. The zero-order valence-electron chi connectivity index (χ0n) is 6.02. The highest BCUT2D eigenvalue weighted by molar-refractivity contribution is 6.57. The average molecular weight is 197 g/mol. The zero-order valence-corrected chi connectivity index (χ0v) is 6.78. The molecule has 0 saturated heterocycles. The van der Waals surface area contributed by atoms with Gasteiger partial charge in [-0.05, 0) is 0 Å². The van der Waals surface area contributed by atoms with Gasteiger partial charge in [-0.1, -0.05) is 11.6 Å². The van der Waals surface area contributed by atoms with Crippen LogP contribution < -0.4 is 0 Å². The molecule has 64 valence electrons. The summed E-state index contributed by atoms with van der Waals surface area (Å²) in [6.07, 6.45) is 0. The van der Waals surface area contributed by atoms with E-state index in [0.29, 0.717) is 0 Å². The van der Waals surface area contributed by atoms with Gasteiger partial charge in [0, 0.05) is 0 Å². The Morgan fingerprint density at radius 1 is 1.38 bits per heavy atom. The first-order valence-electron chi connectivity index (χ1n) is 2.96. The number of hydrogen-bond acceptors (Lipinski definition) is 5. The molecule has 1 rings (SSSR count). The Morgan fingerprint density at radius 2 is 1.77 bits per heavy atom. The number of nitrogens with zero attached hydrogens (tertiary/aromatic N) is 4. The number of alkyl halides is 1. The van der Waals surface area contributed by atoms with Gasteiger partial charge in [0.25, 0.3) is 0 Å². The fourth-order valence-corrected chi connectivity index (χ4v) is 0.848. The molecule has 7 heteroatoms. The first kappa shape index (κ1) is 9.17. The second-order valence-electron chi connectivity index (χ2n) is 2.04. The summed E-state index contributed by atoms with van der Waals surface area (Å²) >= 11 is 5.38. The van der Waals surface area contributed by atoms with Crippen LogP contribution in [0.2, 0.25) is 0 Å². The van der Waals surface area contributed by atoms with Gasteiger partial charge >= 0.3 is 11.1 Å². The minimum Gasteiger partial charge on any atom is -0.477 e. The third-order valence-electron chi connectivity index (χ3n) is 1.23. The lowest BCUT2D eigenvalue weighted by Crippen LogP contribution is -2.25. The maximum atomic E-state index is 10.5. The molecule has 1 aliphatic rings. The molecule has 0 amide bonds. The van der Waals surface area contributed by atoms with Crippen LogP contribution in [0.25, 0.3) is 0 Å². The fraction of sp³-hybridized carbons (Fsp3) is 0.167. The van der Waals surface area contributed by atoms with Crippen molar-refractivity contribution in [3.05, 3.63) is 0 Å². The van der Waals surface area contributed by atoms with E-state index in [0.717, 1.165) is 0 Å². The highest BCUT2D eigenvalue weighted by Gasteiger charge is 2.42. The van der Waals surface area contributed by atoms with Gasteiger partial charge in [-0.25, -0.2) is 14.8 Å². The molecule has 0 saturated carbocycles. The van der Waals surface area contributed by atoms with Crippen LogP contribution in [0.15, 0.2) is 9.98 Å². The normalized spacial score (nSPS) is 18.1. The van der Waals surface area contributed by atoms with Crippen LogP contribution in [-0.2, 0) is 4.79 Å². The van der Waals surface area contributed by atoms with Crippen molar-refractivity contribution < 1.29 is 9.90 Å². The molecule has 0 aromatic carbocycles. The van der Waals surface area contributed by atoms with Crippen LogP contribution in [0.4, 0.5) is 0 Å². The highest BCUT2D eigenvalue weighted by atomic mass is 35.5. The van der Waals surface area contributed by atoms with Gasteiger partial charge in [-0.3, -0.25) is 0 Å². The van der Waals surface area contributed by atoms with Gasteiger partial charge in [0.1, 0.15) is 12.1 Å². The van der Waals surface area contributed by atoms with Crippen LogP contribution >= 0.6 is 11.6 Å². The topological polar surface area (TPSA) is 110 Å². The Balaban J connectivity index is 3.24. The maximum absolute atomic E-state index is 10.5. The van der Waals surface area contributed by atoms with Crippen molar-refractivity contribution in [2.45, 2.75) is 5.12 Å². The van der Waals surface area contributed by atoms with Crippen molar-refractivity contribution in [1.29, 1.82) is 10.5 Å². The highest BCUT2D eigenvalue weighted by Crippen LogP contribution is 2.24. The van der Waals surface area contributed by atoms with Gasteiger partial charge in [-0.15, -0.1) is 0 Å². The third-order valence-corrected chi connectivity index (χ3v) is 1.56. The van der Waals surface area contributed by atoms with Crippen LogP contribution in [0.1, 0.15) is 0 Å². The number of carboxylic acids is 1. The lowest BCUT2D eigenvalue weighted by molar-refractivity contribution is -0.139. The minimum absolute atomic E-state index is 0.361. The van der Waals surface area contributed by atoms with E-state index in [1.807, 2.05) is 0 Å². The summed E-state index contributed by atoms with van der Waals surface area (Å²) in [6.45, 7) is 0. The standard InChI is InChI=1S/C6HClN4O2/c7-6(5(12)13)10-3(1-8)4(2-9)11-6/h(H,12,13). The molecular weight excluding hydrogens is 196 g/mol. The molecule has 1 N–H and O–H groups in total. The van der Waals surface area contributed by atoms with Crippen molar-refractivity contribution in [3.63, 3.8) is 0 Å². The Morgan fingerprint density at radius 3 is 2.00 bits per heavy atom. The fourth-order valence-electron chi connectivity index (χ4n) is 0.679. The summed E-state index contributed by atoms with van der Waals surface area (Å²) in [4.78, 5) is 17.1. The monoisotopic (exact) mass is 196 g/mol. The lowest BCUT2D eigenvalue weighted by atomic mass is 10.3. The third kappa shape index (κ3) is 1.35. The van der Waals surface area contributed by atoms with Gasteiger partial charge in [-0.2, -0.15) is 10.5 Å². The van der Waals surface area contributed by atoms with E-state index in [2.05, 4.69) is 9.98 Å². The minimum atomic E-state index is -2.24. The number of nitriles is 2. The molecule has 0 aliphatic carbocycles. The summed E-state index contributed by atoms with van der Waals surface area (Å²) in [7, 11) is 0. The lowest BCUT2D eigenvalue weighted by Gasteiger charge is -2.05. The van der Waals surface area contributed by atoms with Crippen molar-refractivity contribution in [2.24, 2.45) is 9.98 Å². The van der Waals surface area contributed by atoms with Crippen molar-refractivity contribution in [3.8, 4) is 12.1 Å². The predicted molar refractivity (Wildman–Crippen MR) is 42.3 cm³/mol. The van der Waals surface area contributed by atoms with E-state index in [1.54, 1.807) is 0 Å². The summed E-state index contributed by atoms with van der Waals surface area (Å²) in [5.41, 5.74) is -0.722. The van der Waals surface area contributed by atoms with Gasteiger partial charge < -0.3 is 5.11 Å². The largest absolute Gasteiger partial charge is 0.477 e. The van der Waals surface area contributed by atoms with Gasteiger partial charge in [0.2, 0.25) is 0 Å². The first-order valence-corrected chi connectivity index (χ1v) is 3.34. The predicted octanol–water partition coefficient (Wildman–Crippen LogP) is -0.0936. The number of aliphatic carboxylic acids is 1. The molecule has 0 unspecified atom stereocenters. The molecule has 0 aromatic rings. The molecular formula is C6HClN4O2. The molecule has 0 spiro atoms. The average Bonchev–Trinajstić information content (AvgIpc) is 2.43. The van der Waals surface area contributed by atoms with Crippen molar-refractivity contribution in [1.82, 2.24) is 0 Å². The molecule has 0 bridgehead atoms. The molecule has 0 fully saturated rings. The van der Waals surface area contributed by atoms with Crippen LogP contribution in [0, 0.1) is 22.7 Å². The van der Waals surface area contributed by atoms with Crippen LogP contribution in [0.3, 0.4) is 0 Å². The molecule has 6 nitrogen and oxygen atoms in total. The van der Waals surface area contributed by atoms with E-state index >= 15 is 0 Å². The Kier molecular flexibility index (Phi) is 2.01. The zero-order chi connectivity index (χ0) is 10.1. The Labute approximate surface area is 77.4 Å². The molecule has 0 radical (unpaired) electrons. The number of hydrogen-bond donors (Lipinski definition) is 1. The van der Waals surface area contributed by atoms with Crippen LogP contribution in [-0.4, -0.2) is 27.6 Å². The van der Waals surface area contributed by atoms with E-state index < -0.39 is 11.1 Å². The summed E-state index contributed by atoms with van der Waals surface area (Å²) in [6, 6.07) is 3.05. The molecule has 1 heterocycles. The summed E-state index contributed by atoms with van der Waals surface area (Å²) in [5, 5.41) is 23.1. The summed E-state index contributed by atoms with van der Waals surface area (Å²) in [5.74, 6) is -1.52. The Bertz CT molecular complexity index is 381. The van der Waals surface area contributed by atoms with Crippen molar-refractivity contribution in [2.75, 3.05) is 0 Å². The van der Waals surface area contributed by atoms with E-state index in [4.69, 9.17) is 27.2 Å². The SMILES string of the molecule is N#CC1=NC(Cl)(C(=O)O)N=C1C#N. The second kappa shape index (κ2) is 2.85. The number of carbonyl (C=O) groups is 1. The van der Waals surface area contributed by atoms with Crippen LogP contribution in [0.5, 0.6) is 0 Å². The Hall–Kier alpha value is -1.92. The molecule has 1 aliphatic heterocycles. The van der Waals surface area contributed by atoms with E-state index in [-0.39, 0.29) is 11.4 Å². The van der Waals surface area contributed by atoms with Crippen molar-refractivity contribution >= 4 is 29.0 Å². The quantitative estimate of drug-likeness (QED) is 0.467. The van der Waals surface area contributed by atoms with Gasteiger partial charge in [0.05, 0.1) is 0 Å². The second-order valence-corrected chi connectivity index (χ2v) is 2.56. The van der Waals surface area contributed by atoms with Gasteiger partial charge in [0.15, 0.2) is 11.4 Å². The number of rotatable bonds is 1. The molecule has 0 atom stereocenters. The smallest absolute Gasteiger partial charge is 0.371 e. The maximum Gasteiger partial charge on any atom is 0.371 e. The number of carboxylic acid groups (broad SMARTS) is 1. The first-order chi connectivity index (χ1) is 6.03. The van der Waals surface area contributed by atoms with E-state index in [1.165, 1.54) is 12.1 Å². The number of halogens is 1. The summed E-state index contributed by atoms with van der Waals surface area (Å²) < 4.78 is 0. The van der Waals surface area contributed by atoms with E-state index in [9.17, 15) is 4.79 Å².